The number of thiol groups is 1. The lowest BCUT2D eigenvalue weighted by molar-refractivity contribution is -0.0498. The van der Waals surface area contributed by atoms with E-state index in [4.69, 9.17) is 23.2 Å². The smallest absolute Gasteiger partial charge is 0.387 e. The number of halogens is 4. The van der Waals surface area contributed by atoms with Crippen LogP contribution in [-0.4, -0.2) is 6.61 Å². The second kappa shape index (κ2) is 4.35. The number of ether oxygens (including phenoxy) is 1. The van der Waals surface area contributed by atoms with E-state index in [1.807, 2.05) is 0 Å². The number of rotatable bonds is 2. The highest BCUT2D eigenvalue weighted by atomic mass is 35.5. The van der Waals surface area contributed by atoms with Crippen molar-refractivity contribution in [3.8, 4) is 5.75 Å². The summed E-state index contributed by atoms with van der Waals surface area (Å²) in [6.45, 7) is -2.92. The Bertz CT molecular complexity index is 320. The summed E-state index contributed by atoms with van der Waals surface area (Å²) < 4.78 is 27.7. The molecule has 0 heterocycles. The van der Waals surface area contributed by atoms with Gasteiger partial charge in [-0.25, -0.2) is 0 Å². The van der Waals surface area contributed by atoms with E-state index in [1.165, 1.54) is 12.1 Å². The molecule has 0 fully saturated rings. The molecule has 0 bridgehead atoms. The number of hydrogen-bond donors (Lipinski definition) is 1. The monoisotopic (exact) mass is 244 g/mol. The van der Waals surface area contributed by atoms with Crippen LogP contribution in [0.3, 0.4) is 0 Å². The van der Waals surface area contributed by atoms with E-state index < -0.39 is 6.61 Å². The SMILES string of the molecule is FC(F)Oc1ccc(S)c(Cl)c1Cl. The van der Waals surface area contributed by atoms with Crippen molar-refractivity contribution in [1.29, 1.82) is 0 Å². The Kier molecular flexibility index (Phi) is 3.64. The van der Waals surface area contributed by atoms with Crippen molar-refractivity contribution < 1.29 is 13.5 Å². The van der Waals surface area contributed by atoms with Crippen molar-refractivity contribution in [3.05, 3.63) is 22.2 Å². The second-order valence-electron chi connectivity index (χ2n) is 2.09. The van der Waals surface area contributed by atoms with E-state index in [1.54, 1.807) is 0 Å². The van der Waals surface area contributed by atoms with Gasteiger partial charge in [0.2, 0.25) is 0 Å². The Labute approximate surface area is 89.0 Å². The largest absolute Gasteiger partial charge is 0.433 e. The average molecular weight is 245 g/mol. The molecule has 1 aromatic rings. The van der Waals surface area contributed by atoms with Gasteiger partial charge in [-0.2, -0.15) is 8.78 Å². The summed E-state index contributed by atoms with van der Waals surface area (Å²) in [4.78, 5) is 0.410. The van der Waals surface area contributed by atoms with E-state index >= 15 is 0 Å². The van der Waals surface area contributed by atoms with Crippen LogP contribution in [0.25, 0.3) is 0 Å². The average Bonchev–Trinajstić information content (AvgIpc) is 2.06. The molecule has 1 aromatic carbocycles. The third-order valence-corrected chi connectivity index (χ3v) is 2.61. The zero-order valence-corrected chi connectivity index (χ0v) is 8.51. The predicted octanol–water partition coefficient (Wildman–Crippen LogP) is 3.88. The lowest BCUT2D eigenvalue weighted by atomic mass is 10.3. The van der Waals surface area contributed by atoms with E-state index in [0.717, 1.165) is 0 Å². The summed E-state index contributed by atoms with van der Waals surface area (Å²) in [6.07, 6.45) is 0. The van der Waals surface area contributed by atoms with Gasteiger partial charge in [-0.05, 0) is 12.1 Å². The molecule has 0 spiro atoms. The summed E-state index contributed by atoms with van der Waals surface area (Å²) in [7, 11) is 0. The Hall–Kier alpha value is -0.190. The van der Waals surface area contributed by atoms with Gasteiger partial charge in [-0.1, -0.05) is 23.2 Å². The van der Waals surface area contributed by atoms with Crippen molar-refractivity contribution in [3.63, 3.8) is 0 Å². The van der Waals surface area contributed by atoms with Crippen LogP contribution in [0.4, 0.5) is 8.78 Å². The topological polar surface area (TPSA) is 9.23 Å². The number of hydrogen-bond acceptors (Lipinski definition) is 2. The molecule has 0 atom stereocenters. The zero-order chi connectivity index (χ0) is 10.0. The lowest BCUT2D eigenvalue weighted by Crippen LogP contribution is -2.02. The van der Waals surface area contributed by atoms with Gasteiger partial charge in [-0.3, -0.25) is 0 Å². The third-order valence-electron chi connectivity index (χ3n) is 1.24. The lowest BCUT2D eigenvalue weighted by Gasteiger charge is -2.08. The first-order valence-corrected chi connectivity index (χ1v) is 4.34. The summed E-state index contributed by atoms with van der Waals surface area (Å²) in [5.41, 5.74) is 0. The maximum Gasteiger partial charge on any atom is 0.387 e. The Balaban J connectivity index is 3.04. The van der Waals surface area contributed by atoms with Gasteiger partial charge in [0, 0.05) is 4.90 Å². The molecule has 0 aromatic heterocycles. The summed E-state index contributed by atoms with van der Waals surface area (Å²) in [5.74, 6) is -0.153. The molecule has 1 rings (SSSR count). The first-order valence-electron chi connectivity index (χ1n) is 3.14. The molecule has 0 saturated heterocycles. The van der Waals surface area contributed by atoms with Crippen LogP contribution >= 0.6 is 35.8 Å². The minimum Gasteiger partial charge on any atom is -0.433 e. The Morgan fingerprint density at radius 3 is 2.38 bits per heavy atom. The standard InChI is InChI=1S/C7H4Cl2F2OS/c8-5-3(12-7(10)11)1-2-4(13)6(5)9/h1-2,7,13H. The molecule has 0 aliphatic carbocycles. The molecule has 13 heavy (non-hydrogen) atoms. The van der Waals surface area contributed by atoms with Crippen molar-refractivity contribution in [2.24, 2.45) is 0 Å². The van der Waals surface area contributed by atoms with Crippen LogP contribution in [0.1, 0.15) is 0 Å². The summed E-state index contributed by atoms with van der Waals surface area (Å²) in [6, 6.07) is 2.71. The molecule has 1 nitrogen and oxygen atoms in total. The molecule has 0 saturated carbocycles. The normalized spacial score (nSPS) is 10.6. The van der Waals surface area contributed by atoms with Crippen LogP contribution in [-0.2, 0) is 0 Å². The van der Waals surface area contributed by atoms with Crippen LogP contribution in [0.15, 0.2) is 17.0 Å². The number of benzene rings is 1. The van der Waals surface area contributed by atoms with Gasteiger partial charge < -0.3 is 4.74 Å². The van der Waals surface area contributed by atoms with Gasteiger partial charge in [0.15, 0.2) is 0 Å². The highest BCUT2D eigenvalue weighted by Crippen LogP contribution is 2.36. The van der Waals surface area contributed by atoms with Gasteiger partial charge in [0.05, 0.1) is 5.02 Å². The fourth-order valence-electron chi connectivity index (χ4n) is 0.709. The van der Waals surface area contributed by atoms with Crippen LogP contribution < -0.4 is 4.74 Å². The first kappa shape index (κ1) is 10.9. The van der Waals surface area contributed by atoms with Gasteiger partial charge in [-0.15, -0.1) is 12.6 Å². The molecular weight excluding hydrogens is 241 g/mol. The Morgan fingerprint density at radius 1 is 1.23 bits per heavy atom. The van der Waals surface area contributed by atoms with E-state index in [9.17, 15) is 8.78 Å². The van der Waals surface area contributed by atoms with Crippen molar-refractivity contribution in [1.82, 2.24) is 0 Å². The molecule has 0 N–H and O–H groups in total. The van der Waals surface area contributed by atoms with E-state index in [-0.39, 0.29) is 15.8 Å². The predicted molar refractivity (Wildman–Crippen MR) is 50.3 cm³/mol. The summed E-state index contributed by atoms with van der Waals surface area (Å²) >= 11 is 15.2. The van der Waals surface area contributed by atoms with Crippen molar-refractivity contribution >= 4 is 35.8 Å². The molecule has 6 heteroatoms. The molecular formula is C7H4Cl2F2OS. The molecule has 0 aliphatic heterocycles. The minimum atomic E-state index is -2.92. The quantitative estimate of drug-likeness (QED) is 0.778. The van der Waals surface area contributed by atoms with Gasteiger partial charge in [0.25, 0.3) is 0 Å². The van der Waals surface area contributed by atoms with Gasteiger partial charge >= 0.3 is 6.61 Å². The third kappa shape index (κ3) is 2.62. The van der Waals surface area contributed by atoms with Gasteiger partial charge in [0.1, 0.15) is 10.8 Å². The maximum atomic E-state index is 11.8. The molecule has 0 radical (unpaired) electrons. The maximum absolute atomic E-state index is 11.8. The summed E-state index contributed by atoms with van der Waals surface area (Å²) in [5, 5.41) is 0.0395. The molecule has 0 amide bonds. The fourth-order valence-corrected chi connectivity index (χ4v) is 1.33. The zero-order valence-electron chi connectivity index (χ0n) is 6.10. The second-order valence-corrected chi connectivity index (χ2v) is 3.33. The van der Waals surface area contributed by atoms with Crippen LogP contribution in [0, 0.1) is 0 Å². The Morgan fingerprint density at radius 2 is 1.85 bits per heavy atom. The first-order chi connectivity index (χ1) is 6.02. The highest BCUT2D eigenvalue weighted by Gasteiger charge is 2.12. The van der Waals surface area contributed by atoms with Crippen molar-refractivity contribution in [2.45, 2.75) is 11.5 Å². The van der Waals surface area contributed by atoms with E-state index in [0.29, 0.717) is 4.90 Å². The van der Waals surface area contributed by atoms with Crippen LogP contribution in [0.2, 0.25) is 10.0 Å². The molecule has 0 unspecified atom stereocenters. The fraction of sp³-hybridized carbons (Fsp3) is 0.143. The van der Waals surface area contributed by atoms with Crippen molar-refractivity contribution in [2.75, 3.05) is 0 Å². The minimum absolute atomic E-state index is 0.0607. The highest BCUT2D eigenvalue weighted by molar-refractivity contribution is 7.80. The molecule has 72 valence electrons. The van der Waals surface area contributed by atoms with Crippen LogP contribution in [0.5, 0.6) is 5.75 Å². The molecule has 0 aliphatic rings. The van der Waals surface area contributed by atoms with E-state index in [2.05, 4.69) is 17.4 Å². The number of alkyl halides is 2.